The summed E-state index contributed by atoms with van der Waals surface area (Å²) in [6.45, 7) is 7.42. The molecule has 3 aliphatic carbocycles. The molecule has 11 rings (SSSR count). The highest BCUT2D eigenvalue weighted by atomic mass is 35.7. The molecule has 84 heavy (non-hydrogen) atoms. The zero-order valence-corrected chi connectivity index (χ0v) is 49.3. The summed E-state index contributed by atoms with van der Waals surface area (Å²) in [4.78, 5) is 3.79. The summed E-state index contributed by atoms with van der Waals surface area (Å²) in [6, 6.07) is 33.5. The Bertz CT molecular complexity index is 3260. The van der Waals surface area contributed by atoms with Gasteiger partial charge in [-0.1, -0.05) is 78.9 Å². The van der Waals surface area contributed by atoms with Gasteiger partial charge < -0.3 is 10.6 Å². The van der Waals surface area contributed by atoms with Crippen LogP contribution in [0.2, 0.25) is 0 Å². The number of alkyl halides is 9. The van der Waals surface area contributed by atoms with E-state index in [1.54, 1.807) is 0 Å². The molecule has 3 aliphatic heterocycles. The van der Waals surface area contributed by atoms with E-state index < -0.39 is 69.2 Å². The van der Waals surface area contributed by atoms with Gasteiger partial charge in [-0.05, 0) is 169 Å². The van der Waals surface area contributed by atoms with E-state index in [1.165, 1.54) is 76.7 Å². The van der Waals surface area contributed by atoms with Gasteiger partial charge in [0.05, 0.1) is 31.4 Å². The lowest BCUT2D eigenvalue weighted by Gasteiger charge is -2.38. The van der Waals surface area contributed by atoms with Gasteiger partial charge in [0.2, 0.25) is 20.0 Å². The predicted octanol–water partition coefficient (Wildman–Crippen LogP) is 12.2. The molecule has 3 heterocycles. The van der Waals surface area contributed by atoms with E-state index >= 15 is 0 Å². The Kier molecular flexibility index (Phi) is 21.8. The molecule has 0 amide bonds. The van der Waals surface area contributed by atoms with Crippen LogP contribution in [0.3, 0.4) is 0 Å². The van der Waals surface area contributed by atoms with Crippen LogP contribution in [0.15, 0.2) is 148 Å². The number of rotatable bonds is 15. The SMILES string of the molecule is O=S(=O)(Cl)c1cccc(C(F)(F)F)c1.O=S(=O)(c1cccc(C(F)(F)F)c1)N(C1CC1)C1CCN(Cc2ccccc2)CC1.O=S(=O)(c1cccc(C(F)(F)F)c1)N(C1CCNCC1)C1CC1.c1ccc(CN2CCC(NC3CC3)CC2)cc1. The molecule has 0 aromatic heterocycles. The predicted molar refractivity (Wildman–Crippen MR) is 303 cm³/mol. The second-order valence-electron chi connectivity index (χ2n) is 22.1. The number of hydrogen-bond donors (Lipinski definition) is 2. The molecule has 2 N–H and O–H groups in total. The number of benzene rings is 5. The Morgan fingerprint density at radius 2 is 0.762 bits per heavy atom. The maximum atomic E-state index is 13.3. The number of sulfonamides is 2. The molecule has 0 unspecified atom stereocenters. The Morgan fingerprint density at radius 3 is 1.12 bits per heavy atom. The third kappa shape index (κ3) is 18.9. The van der Waals surface area contributed by atoms with Crippen molar-refractivity contribution in [1.82, 2.24) is 29.0 Å². The van der Waals surface area contributed by atoms with Gasteiger partial charge in [-0.3, -0.25) is 9.80 Å². The number of likely N-dealkylation sites (tertiary alicyclic amines) is 2. The van der Waals surface area contributed by atoms with E-state index in [2.05, 4.69) is 62.9 Å². The van der Waals surface area contributed by atoms with Gasteiger partial charge in [0, 0.05) is 73.1 Å². The van der Waals surface area contributed by atoms with E-state index in [-0.39, 0.29) is 34.0 Å². The van der Waals surface area contributed by atoms with Gasteiger partial charge in [-0.15, -0.1) is 0 Å². The third-order valence-electron chi connectivity index (χ3n) is 15.4. The van der Waals surface area contributed by atoms with E-state index in [0.717, 1.165) is 126 Å². The average molecular weight is 1260 g/mol. The molecule has 5 aromatic carbocycles. The van der Waals surface area contributed by atoms with Crippen molar-refractivity contribution >= 4 is 39.8 Å². The average Bonchev–Trinajstić information content (AvgIpc) is 2.43. The smallest absolute Gasteiger partial charge is 0.317 e. The first kappa shape index (κ1) is 65.3. The van der Waals surface area contributed by atoms with Crippen LogP contribution in [0.1, 0.15) is 105 Å². The first-order chi connectivity index (χ1) is 39.7. The number of hydrogen-bond acceptors (Lipinski definition) is 10. The summed E-state index contributed by atoms with van der Waals surface area (Å²) < 4.78 is 191. The molecule has 3 saturated heterocycles. The minimum absolute atomic E-state index is 0.0716. The molecule has 6 fully saturated rings. The van der Waals surface area contributed by atoms with Crippen molar-refractivity contribution in [2.75, 3.05) is 39.3 Å². The summed E-state index contributed by atoms with van der Waals surface area (Å²) in [5.41, 5.74) is -0.247. The fourth-order valence-electron chi connectivity index (χ4n) is 10.7. The molecule has 25 heteroatoms. The lowest BCUT2D eigenvalue weighted by Crippen LogP contribution is -2.48. The summed E-state index contributed by atoms with van der Waals surface area (Å²) in [6.07, 6.45) is -2.40. The Balaban J connectivity index is 0.000000152. The van der Waals surface area contributed by atoms with Gasteiger partial charge in [0.25, 0.3) is 9.05 Å². The number of nitrogens with one attached hydrogen (secondary N) is 2. The quantitative estimate of drug-likeness (QED) is 0.0769. The van der Waals surface area contributed by atoms with Crippen LogP contribution >= 0.6 is 10.7 Å². The van der Waals surface area contributed by atoms with Crippen molar-refractivity contribution in [1.29, 1.82) is 0 Å². The molecular weight excluding hydrogens is 1190 g/mol. The van der Waals surface area contributed by atoms with Crippen molar-refractivity contribution < 1.29 is 64.8 Å². The van der Waals surface area contributed by atoms with Crippen molar-refractivity contribution in [3.05, 3.63) is 161 Å². The molecule has 0 atom stereocenters. The molecular formula is C59H70ClF9N6O6S3. The second kappa shape index (κ2) is 28.0. The van der Waals surface area contributed by atoms with Crippen molar-refractivity contribution in [3.63, 3.8) is 0 Å². The van der Waals surface area contributed by atoms with Crippen molar-refractivity contribution in [2.45, 2.75) is 160 Å². The summed E-state index contributed by atoms with van der Waals surface area (Å²) in [7, 11) is -7.12. The molecule has 0 spiro atoms. The summed E-state index contributed by atoms with van der Waals surface area (Å²) in [5.74, 6) is 0. The fourth-order valence-corrected chi connectivity index (χ4v) is 15.4. The Labute approximate surface area is 491 Å². The maximum Gasteiger partial charge on any atom is 0.416 e. The van der Waals surface area contributed by atoms with Crippen LogP contribution in [-0.2, 0) is 60.7 Å². The lowest BCUT2D eigenvalue weighted by atomic mass is 10.0. The normalized spacial score (nSPS) is 19.4. The summed E-state index contributed by atoms with van der Waals surface area (Å²) in [5, 5.41) is 6.93. The minimum atomic E-state index is -4.57. The molecule has 5 aromatic rings. The minimum Gasteiger partial charge on any atom is -0.317 e. The van der Waals surface area contributed by atoms with Gasteiger partial charge in [0.15, 0.2) is 0 Å². The number of piperidine rings is 3. The van der Waals surface area contributed by atoms with Crippen LogP contribution < -0.4 is 10.6 Å². The fraction of sp³-hybridized carbons (Fsp3) is 0.492. The summed E-state index contributed by atoms with van der Waals surface area (Å²) >= 11 is 0. The lowest BCUT2D eigenvalue weighted by molar-refractivity contribution is -0.138. The monoisotopic (exact) mass is 1260 g/mol. The highest BCUT2D eigenvalue weighted by Gasteiger charge is 2.46. The second-order valence-corrected chi connectivity index (χ2v) is 28.4. The molecule has 0 bridgehead atoms. The van der Waals surface area contributed by atoms with Crippen molar-refractivity contribution in [3.8, 4) is 0 Å². The van der Waals surface area contributed by atoms with Crippen LogP contribution in [0.25, 0.3) is 0 Å². The van der Waals surface area contributed by atoms with Crippen LogP contribution in [-0.4, -0.2) is 119 Å². The van der Waals surface area contributed by atoms with E-state index in [0.29, 0.717) is 31.7 Å². The van der Waals surface area contributed by atoms with E-state index in [9.17, 15) is 64.8 Å². The van der Waals surface area contributed by atoms with E-state index in [4.69, 9.17) is 10.7 Å². The number of halogens is 10. The first-order valence-electron chi connectivity index (χ1n) is 28.2. The highest BCUT2D eigenvalue weighted by Crippen LogP contribution is 2.40. The number of nitrogens with zero attached hydrogens (tertiary/aromatic N) is 4. The van der Waals surface area contributed by atoms with Crippen molar-refractivity contribution in [2.24, 2.45) is 0 Å². The topological polar surface area (TPSA) is 139 Å². The zero-order chi connectivity index (χ0) is 60.5. The third-order valence-corrected chi connectivity index (χ3v) is 20.8. The molecule has 6 aliphatic rings. The zero-order valence-electron chi connectivity index (χ0n) is 46.1. The van der Waals surface area contributed by atoms with E-state index in [1.807, 2.05) is 18.2 Å². The largest absolute Gasteiger partial charge is 0.416 e. The molecule has 3 saturated carbocycles. The first-order valence-corrected chi connectivity index (χ1v) is 33.4. The Morgan fingerprint density at radius 1 is 0.429 bits per heavy atom. The molecule has 0 radical (unpaired) electrons. The van der Waals surface area contributed by atoms with Gasteiger partial charge in [-0.2, -0.15) is 48.1 Å². The maximum absolute atomic E-state index is 13.3. The van der Waals surface area contributed by atoms with Crippen LogP contribution in [0, 0.1) is 0 Å². The molecule has 460 valence electrons. The Hall–Kier alpha value is -4.63. The van der Waals surface area contributed by atoms with Gasteiger partial charge >= 0.3 is 18.5 Å². The van der Waals surface area contributed by atoms with Gasteiger partial charge in [-0.25, -0.2) is 25.3 Å². The van der Waals surface area contributed by atoms with Crippen LogP contribution in [0.5, 0.6) is 0 Å². The standard InChI is InChI=1S/C22H25F3N2O2S.C15H19F3N2O2S.C15H22N2.C7H4ClF3O2S/c23-22(24,25)18-7-4-8-21(15-18)30(28,29)27(19-9-10-19)20-11-13-26(14-12-20)16-17-5-2-1-3-6-17;16-15(17,18)11-2-1-3-14(10-11)23(21,22)20(12-4-5-12)13-6-8-19-9-7-13;1-2-4-13(5-3-1)12-17-10-8-15(9-11-17)16-14-6-7-14;8-14(12,13)6-3-1-2-5(4-6)7(9,10)11/h1-8,15,19-20H,9-14,16H2;1-3,10,12-13,19H,4-9H2;1-5,14-16H,6-12H2;1-4H. The molecule has 12 nitrogen and oxygen atoms in total. The van der Waals surface area contributed by atoms with Gasteiger partial charge in [0.1, 0.15) is 0 Å². The highest BCUT2D eigenvalue weighted by molar-refractivity contribution is 8.13. The van der Waals surface area contributed by atoms with Crippen LogP contribution in [0.4, 0.5) is 39.5 Å².